The maximum Gasteiger partial charge on any atom is 0.269 e. The van der Waals surface area contributed by atoms with Crippen molar-refractivity contribution in [2.75, 3.05) is 0 Å². The first-order valence-corrected chi connectivity index (χ1v) is 7.07. The molecule has 0 fully saturated rings. The van der Waals surface area contributed by atoms with Gasteiger partial charge in [-0.05, 0) is 37.6 Å². The summed E-state index contributed by atoms with van der Waals surface area (Å²) < 4.78 is 13.4. The Bertz CT molecular complexity index is 769. The molecule has 2 aromatic rings. The molecule has 2 amide bonds. The van der Waals surface area contributed by atoms with Crippen molar-refractivity contribution in [3.63, 3.8) is 0 Å². The normalized spacial score (nSPS) is 10.6. The van der Waals surface area contributed by atoms with E-state index in [9.17, 15) is 14.0 Å². The van der Waals surface area contributed by atoms with Crippen LogP contribution in [0, 0.1) is 19.7 Å². The predicted molar refractivity (Wildman–Crippen MR) is 87.0 cm³/mol. The van der Waals surface area contributed by atoms with Crippen LogP contribution < -0.4 is 10.9 Å². The van der Waals surface area contributed by atoms with Crippen LogP contribution in [0.2, 0.25) is 0 Å². The Morgan fingerprint density at radius 2 is 1.78 bits per heavy atom. The van der Waals surface area contributed by atoms with Crippen LogP contribution in [-0.4, -0.2) is 11.8 Å². The smallest absolute Gasteiger partial charge is 0.268 e. The summed E-state index contributed by atoms with van der Waals surface area (Å²) in [6.07, 6.45) is 2.49. The van der Waals surface area contributed by atoms with E-state index in [0.717, 1.165) is 17.2 Å². The standard InChI is InChI=1S/C18H17FN2O2/c1-12-7-9-15(13(2)11-12)18(23)21-20-17(22)10-8-14-5-3-4-6-16(14)19/h3-11H,1-2H3,(H,20,22)(H,21,23)/b10-8+. The summed E-state index contributed by atoms with van der Waals surface area (Å²) in [7, 11) is 0. The summed E-state index contributed by atoms with van der Waals surface area (Å²) >= 11 is 0. The number of hydrazine groups is 1. The van der Waals surface area contributed by atoms with Crippen LogP contribution in [0.15, 0.2) is 48.5 Å². The summed E-state index contributed by atoms with van der Waals surface area (Å²) in [6.45, 7) is 3.76. The third-order valence-corrected chi connectivity index (χ3v) is 3.25. The van der Waals surface area contributed by atoms with E-state index in [4.69, 9.17) is 0 Å². The van der Waals surface area contributed by atoms with Gasteiger partial charge in [-0.3, -0.25) is 20.4 Å². The van der Waals surface area contributed by atoms with Gasteiger partial charge in [0.15, 0.2) is 0 Å². The number of carbonyl (C=O) groups excluding carboxylic acids is 2. The molecule has 4 nitrogen and oxygen atoms in total. The van der Waals surface area contributed by atoms with Crippen molar-refractivity contribution < 1.29 is 14.0 Å². The second-order valence-electron chi connectivity index (χ2n) is 5.12. The molecule has 0 aliphatic heterocycles. The van der Waals surface area contributed by atoms with Crippen molar-refractivity contribution in [3.8, 4) is 0 Å². The Morgan fingerprint density at radius 3 is 2.48 bits per heavy atom. The predicted octanol–water partition coefficient (Wildman–Crippen LogP) is 2.92. The number of amides is 2. The molecule has 2 N–H and O–H groups in total. The lowest BCUT2D eigenvalue weighted by atomic mass is 10.1. The van der Waals surface area contributed by atoms with Crippen LogP contribution in [0.5, 0.6) is 0 Å². The molecule has 118 valence electrons. The van der Waals surface area contributed by atoms with Crippen LogP contribution in [0.4, 0.5) is 4.39 Å². The Morgan fingerprint density at radius 1 is 1.04 bits per heavy atom. The zero-order valence-corrected chi connectivity index (χ0v) is 12.9. The molecule has 0 saturated heterocycles. The number of benzene rings is 2. The molecule has 0 spiro atoms. The topological polar surface area (TPSA) is 58.2 Å². The fraction of sp³-hybridized carbons (Fsp3) is 0.111. The fourth-order valence-electron chi connectivity index (χ4n) is 2.07. The van der Waals surface area contributed by atoms with Crippen molar-refractivity contribution >= 4 is 17.9 Å². The molecule has 0 heterocycles. The van der Waals surface area contributed by atoms with Gasteiger partial charge < -0.3 is 0 Å². The van der Waals surface area contributed by atoms with Gasteiger partial charge in [-0.25, -0.2) is 4.39 Å². The molecule has 0 saturated carbocycles. The van der Waals surface area contributed by atoms with Crippen molar-refractivity contribution in [2.24, 2.45) is 0 Å². The molecule has 0 aliphatic carbocycles. The number of hydrogen-bond acceptors (Lipinski definition) is 2. The quantitative estimate of drug-likeness (QED) is 0.676. The Labute approximate surface area is 134 Å². The Balaban J connectivity index is 1.94. The van der Waals surface area contributed by atoms with Gasteiger partial charge in [0, 0.05) is 17.2 Å². The van der Waals surface area contributed by atoms with Gasteiger partial charge in [-0.15, -0.1) is 0 Å². The minimum atomic E-state index is -0.550. The monoisotopic (exact) mass is 312 g/mol. The van der Waals surface area contributed by atoms with E-state index in [1.165, 1.54) is 12.1 Å². The summed E-state index contributed by atoms with van der Waals surface area (Å²) in [5, 5.41) is 0. The third kappa shape index (κ3) is 4.51. The maximum absolute atomic E-state index is 13.4. The molecule has 0 radical (unpaired) electrons. The first kappa shape index (κ1) is 16.4. The SMILES string of the molecule is Cc1ccc(C(=O)NNC(=O)/C=C/c2ccccc2F)c(C)c1. The van der Waals surface area contributed by atoms with E-state index >= 15 is 0 Å². The van der Waals surface area contributed by atoms with Crippen LogP contribution in [0.1, 0.15) is 27.0 Å². The number of halogens is 1. The first-order chi connectivity index (χ1) is 11.0. The molecule has 0 bridgehead atoms. The van der Waals surface area contributed by atoms with E-state index in [2.05, 4.69) is 10.9 Å². The minimum absolute atomic E-state index is 0.295. The van der Waals surface area contributed by atoms with Gasteiger partial charge in [-0.2, -0.15) is 0 Å². The van der Waals surface area contributed by atoms with Gasteiger partial charge in [0.1, 0.15) is 5.82 Å². The average Bonchev–Trinajstić information content (AvgIpc) is 2.52. The van der Waals surface area contributed by atoms with Crippen LogP contribution in [-0.2, 0) is 4.79 Å². The highest BCUT2D eigenvalue weighted by Gasteiger charge is 2.09. The van der Waals surface area contributed by atoms with Crippen molar-refractivity contribution in [1.29, 1.82) is 0 Å². The van der Waals surface area contributed by atoms with Crippen molar-refractivity contribution in [3.05, 3.63) is 76.6 Å². The first-order valence-electron chi connectivity index (χ1n) is 7.07. The molecule has 0 atom stereocenters. The highest BCUT2D eigenvalue weighted by molar-refractivity contribution is 5.98. The Kier molecular flexibility index (Phi) is 5.25. The van der Waals surface area contributed by atoms with Gasteiger partial charge >= 0.3 is 0 Å². The molecule has 0 unspecified atom stereocenters. The van der Waals surface area contributed by atoms with Gasteiger partial charge in [-0.1, -0.05) is 35.9 Å². The van der Waals surface area contributed by atoms with E-state index < -0.39 is 17.6 Å². The molecule has 5 heteroatoms. The molecular weight excluding hydrogens is 295 g/mol. The lowest BCUT2D eigenvalue weighted by molar-refractivity contribution is -0.117. The van der Waals surface area contributed by atoms with Crippen LogP contribution in [0.3, 0.4) is 0 Å². The summed E-state index contributed by atoms with van der Waals surface area (Å²) in [4.78, 5) is 23.7. The van der Waals surface area contributed by atoms with Gasteiger partial charge in [0.2, 0.25) is 0 Å². The zero-order chi connectivity index (χ0) is 16.8. The molecule has 0 aliphatic rings. The largest absolute Gasteiger partial charge is 0.269 e. The van der Waals surface area contributed by atoms with Crippen molar-refractivity contribution in [2.45, 2.75) is 13.8 Å². The zero-order valence-electron chi connectivity index (χ0n) is 12.9. The van der Waals surface area contributed by atoms with E-state index in [-0.39, 0.29) is 0 Å². The number of aryl methyl sites for hydroxylation is 2. The van der Waals surface area contributed by atoms with Crippen LogP contribution >= 0.6 is 0 Å². The minimum Gasteiger partial charge on any atom is -0.268 e. The average molecular weight is 312 g/mol. The molecular formula is C18H17FN2O2. The number of carbonyl (C=O) groups is 2. The Hall–Kier alpha value is -2.95. The number of hydrogen-bond donors (Lipinski definition) is 2. The highest BCUT2D eigenvalue weighted by atomic mass is 19.1. The number of rotatable bonds is 3. The van der Waals surface area contributed by atoms with Gasteiger partial charge in [0.05, 0.1) is 0 Å². The van der Waals surface area contributed by atoms with Crippen LogP contribution in [0.25, 0.3) is 6.08 Å². The molecule has 2 rings (SSSR count). The molecule has 23 heavy (non-hydrogen) atoms. The van der Waals surface area contributed by atoms with Gasteiger partial charge in [0.25, 0.3) is 11.8 Å². The maximum atomic E-state index is 13.4. The lowest BCUT2D eigenvalue weighted by Crippen LogP contribution is -2.41. The highest BCUT2D eigenvalue weighted by Crippen LogP contribution is 2.10. The molecule has 2 aromatic carbocycles. The number of nitrogens with one attached hydrogen (secondary N) is 2. The van der Waals surface area contributed by atoms with Crippen molar-refractivity contribution in [1.82, 2.24) is 10.9 Å². The summed E-state index contributed by atoms with van der Waals surface area (Å²) in [5.41, 5.74) is 7.24. The van der Waals surface area contributed by atoms with E-state index in [0.29, 0.717) is 11.1 Å². The second-order valence-corrected chi connectivity index (χ2v) is 5.12. The lowest BCUT2D eigenvalue weighted by Gasteiger charge is -2.08. The summed E-state index contributed by atoms with van der Waals surface area (Å²) in [6, 6.07) is 11.5. The molecule has 0 aromatic heterocycles. The fourth-order valence-corrected chi connectivity index (χ4v) is 2.07. The summed E-state index contributed by atoms with van der Waals surface area (Å²) in [5.74, 6) is -1.38. The van der Waals surface area contributed by atoms with E-state index in [1.807, 2.05) is 26.0 Å². The third-order valence-electron chi connectivity index (χ3n) is 3.25. The second kappa shape index (κ2) is 7.35. The van der Waals surface area contributed by atoms with E-state index in [1.54, 1.807) is 24.3 Å².